The van der Waals surface area contributed by atoms with E-state index in [2.05, 4.69) is 15.3 Å². The first-order chi connectivity index (χ1) is 11.3. The number of nitrogens with zero attached hydrogens (tertiary/aromatic N) is 2. The maximum atomic E-state index is 12.3. The smallest absolute Gasteiger partial charge is 0.305 e. The van der Waals surface area contributed by atoms with Gasteiger partial charge in [0.15, 0.2) is 0 Å². The maximum absolute atomic E-state index is 12.3. The molecule has 2 aromatic heterocycles. The van der Waals surface area contributed by atoms with E-state index < -0.39 is 11.5 Å². The highest BCUT2D eigenvalue weighted by Gasteiger charge is 2.32. The van der Waals surface area contributed by atoms with Gasteiger partial charge in [-0.15, -0.1) is 11.3 Å². The predicted octanol–water partition coefficient (Wildman–Crippen LogP) is 2.75. The van der Waals surface area contributed by atoms with Gasteiger partial charge >= 0.3 is 5.97 Å². The highest BCUT2D eigenvalue weighted by atomic mass is 32.1. The minimum absolute atomic E-state index is 0.000983. The third-order valence-corrected chi connectivity index (χ3v) is 4.96. The number of aliphatic carboxylic acids is 1. The Kier molecular flexibility index (Phi) is 5.66. The summed E-state index contributed by atoms with van der Waals surface area (Å²) in [6, 6.07) is 3.75. The minimum atomic E-state index is -0.931. The van der Waals surface area contributed by atoms with Crippen molar-refractivity contribution in [2.75, 3.05) is 0 Å². The number of nitrogens with one attached hydrogen (secondary N) is 1. The number of pyridine rings is 1. The van der Waals surface area contributed by atoms with Gasteiger partial charge < -0.3 is 10.4 Å². The number of thiazole rings is 1. The molecule has 0 bridgehead atoms. The lowest BCUT2D eigenvalue weighted by Crippen LogP contribution is -2.51. The topological polar surface area (TPSA) is 92.2 Å². The van der Waals surface area contributed by atoms with E-state index in [0.717, 1.165) is 10.6 Å². The molecule has 0 fully saturated rings. The summed E-state index contributed by atoms with van der Waals surface area (Å²) in [4.78, 5) is 31.9. The highest BCUT2D eigenvalue weighted by Crippen LogP contribution is 2.24. The Morgan fingerprint density at radius 1 is 1.42 bits per heavy atom. The van der Waals surface area contributed by atoms with Crippen molar-refractivity contribution >= 4 is 23.2 Å². The van der Waals surface area contributed by atoms with Crippen molar-refractivity contribution in [3.63, 3.8) is 0 Å². The van der Waals surface area contributed by atoms with E-state index in [9.17, 15) is 9.59 Å². The van der Waals surface area contributed by atoms with E-state index >= 15 is 0 Å². The molecule has 1 unspecified atom stereocenters. The lowest BCUT2D eigenvalue weighted by molar-refractivity contribution is -0.139. The van der Waals surface area contributed by atoms with Gasteiger partial charge in [-0.05, 0) is 25.0 Å². The fourth-order valence-corrected chi connectivity index (χ4v) is 3.05. The molecule has 0 saturated heterocycles. The van der Waals surface area contributed by atoms with Crippen LogP contribution in [0.25, 0.3) is 10.6 Å². The summed E-state index contributed by atoms with van der Waals surface area (Å²) in [5, 5.41) is 14.6. The Labute approximate surface area is 145 Å². The molecule has 0 aliphatic carbocycles. The average Bonchev–Trinajstić information content (AvgIpc) is 2.95. The number of aromatic nitrogens is 2. The fourth-order valence-electron chi connectivity index (χ4n) is 2.24. The van der Waals surface area contributed by atoms with Crippen LogP contribution in [0.4, 0.5) is 0 Å². The molecule has 2 N–H and O–H groups in total. The van der Waals surface area contributed by atoms with Gasteiger partial charge in [-0.25, -0.2) is 4.98 Å². The second kappa shape index (κ2) is 7.53. The summed E-state index contributed by atoms with van der Waals surface area (Å²) in [6.07, 6.45) is 3.43. The molecular formula is C17H21N3O3S. The van der Waals surface area contributed by atoms with Crippen LogP contribution in [-0.4, -0.2) is 32.5 Å². The van der Waals surface area contributed by atoms with Crippen LogP contribution in [0.2, 0.25) is 0 Å². The standard InChI is InChI=1S/C17H21N3O3S/c1-11(2)17(3,8-15(22)23)20-14(21)7-13-10-24-16(19-13)12-5-4-6-18-9-12/h4-6,9-11H,7-8H2,1-3H3,(H,20,21)(H,22,23). The monoisotopic (exact) mass is 347 g/mol. The molecule has 2 heterocycles. The Morgan fingerprint density at radius 2 is 2.17 bits per heavy atom. The number of hydrogen-bond donors (Lipinski definition) is 2. The summed E-state index contributed by atoms with van der Waals surface area (Å²) >= 11 is 1.45. The van der Waals surface area contributed by atoms with Crippen molar-refractivity contribution in [1.82, 2.24) is 15.3 Å². The zero-order chi connectivity index (χ0) is 17.7. The highest BCUT2D eigenvalue weighted by molar-refractivity contribution is 7.13. The quantitative estimate of drug-likeness (QED) is 0.803. The SMILES string of the molecule is CC(C)C(C)(CC(=O)O)NC(=O)Cc1csc(-c2cccnc2)n1. The van der Waals surface area contributed by atoms with Crippen molar-refractivity contribution in [2.45, 2.75) is 39.2 Å². The average molecular weight is 347 g/mol. The van der Waals surface area contributed by atoms with E-state index in [0.29, 0.717) is 5.69 Å². The Morgan fingerprint density at radius 3 is 2.75 bits per heavy atom. The number of rotatable bonds is 7. The van der Waals surface area contributed by atoms with Crippen LogP contribution >= 0.6 is 11.3 Å². The van der Waals surface area contributed by atoms with Crippen LogP contribution in [-0.2, 0) is 16.0 Å². The molecule has 0 aromatic carbocycles. The third-order valence-electron chi connectivity index (χ3n) is 4.02. The molecule has 0 spiro atoms. The van der Waals surface area contributed by atoms with Crippen molar-refractivity contribution in [3.8, 4) is 10.6 Å². The lowest BCUT2D eigenvalue weighted by atomic mass is 9.85. The molecule has 7 heteroatoms. The normalized spacial score (nSPS) is 13.5. The molecular weight excluding hydrogens is 326 g/mol. The van der Waals surface area contributed by atoms with Gasteiger partial charge in [0.1, 0.15) is 5.01 Å². The zero-order valence-electron chi connectivity index (χ0n) is 13.9. The van der Waals surface area contributed by atoms with Crippen LogP contribution < -0.4 is 5.32 Å². The van der Waals surface area contributed by atoms with Gasteiger partial charge in [0.05, 0.1) is 18.5 Å². The van der Waals surface area contributed by atoms with Gasteiger partial charge in [0.2, 0.25) is 5.91 Å². The maximum Gasteiger partial charge on any atom is 0.305 e. The number of carboxylic acids is 1. The lowest BCUT2D eigenvalue weighted by Gasteiger charge is -2.33. The summed E-state index contributed by atoms with van der Waals surface area (Å²) in [6.45, 7) is 5.55. The van der Waals surface area contributed by atoms with Gasteiger partial charge in [-0.1, -0.05) is 13.8 Å². The van der Waals surface area contributed by atoms with Crippen molar-refractivity contribution in [3.05, 3.63) is 35.6 Å². The van der Waals surface area contributed by atoms with Crippen LogP contribution in [0.15, 0.2) is 29.9 Å². The molecule has 1 atom stereocenters. The summed E-state index contributed by atoms with van der Waals surface area (Å²) < 4.78 is 0. The van der Waals surface area contributed by atoms with Crippen LogP contribution in [0.3, 0.4) is 0 Å². The van der Waals surface area contributed by atoms with Gasteiger partial charge in [0, 0.05) is 28.9 Å². The van der Waals surface area contributed by atoms with Gasteiger partial charge in [-0.3, -0.25) is 14.6 Å². The Balaban J connectivity index is 2.04. The Bertz CT molecular complexity index is 715. The first kappa shape index (κ1) is 18.1. The molecule has 0 radical (unpaired) electrons. The van der Waals surface area contributed by atoms with E-state index in [1.54, 1.807) is 19.3 Å². The minimum Gasteiger partial charge on any atom is -0.481 e. The molecule has 128 valence electrons. The van der Waals surface area contributed by atoms with E-state index in [1.165, 1.54) is 11.3 Å². The third kappa shape index (κ3) is 4.61. The van der Waals surface area contributed by atoms with Crippen molar-refractivity contribution in [2.24, 2.45) is 5.92 Å². The van der Waals surface area contributed by atoms with Crippen molar-refractivity contribution < 1.29 is 14.7 Å². The zero-order valence-corrected chi connectivity index (χ0v) is 14.8. The summed E-state index contributed by atoms with van der Waals surface area (Å²) in [5.41, 5.74) is 0.787. The predicted molar refractivity (Wildman–Crippen MR) is 92.7 cm³/mol. The second-order valence-corrected chi connectivity index (χ2v) is 7.11. The van der Waals surface area contributed by atoms with E-state index in [1.807, 2.05) is 31.4 Å². The number of hydrogen-bond acceptors (Lipinski definition) is 5. The molecule has 2 rings (SSSR count). The van der Waals surface area contributed by atoms with E-state index in [4.69, 9.17) is 5.11 Å². The molecule has 6 nitrogen and oxygen atoms in total. The largest absolute Gasteiger partial charge is 0.481 e. The summed E-state index contributed by atoms with van der Waals surface area (Å²) in [7, 11) is 0. The first-order valence-corrected chi connectivity index (χ1v) is 8.56. The fraction of sp³-hybridized carbons (Fsp3) is 0.412. The van der Waals surface area contributed by atoms with Gasteiger partial charge in [0.25, 0.3) is 0 Å². The molecule has 2 aromatic rings. The van der Waals surface area contributed by atoms with Crippen LogP contribution in [0.1, 0.15) is 32.9 Å². The van der Waals surface area contributed by atoms with E-state index in [-0.39, 0.29) is 24.7 Å². The number of carbonyl (C=O) groups excluding carboxylic acids is 1. The molecule has 0 saturated carbocycles. The number of carboxylic acid groups (broad SMARTS) is 1. The Hall–Kier alpha value is -2.28. The molecule has 0 aliphatic heterocycles. The molecule has 0 aliphatic rings. The van der Waals surface area contributed by atoms with Crippen LogP contribution in [0, 0.1) is 5.92 Å². The van der Waals surface area contributed by atoms with Crippen molar-refractivity contribution in [1.29, 1.82) is 0 Å². The number of amides is 1. The summed E-state index contributed by atoms with van der Waals surface area (Å²) in [5.74, 6) is -1.16. The molecule has 24 heavy (non-hydrogen) atoms. The second-order valence-electron chi connectivity index (χ2n) is 6.25. The van der Waals surface area contributed by atoms with Crippen LogP contribution in [0.5, 0.6) is 0 Å². The first-order valence-electron chi connectivity index (χ1n) is 7.68. The molecule has 1 amide bonds. The number of carbonyl (C=O) groups is 2. The van der Waals surface area contributed by atoms with Gasteiger partial charge in [-0.2, -0.15) is 0 Å².